The first-order valence-corrected chi connectivity index (χ1v) is 11.9. The van der Waals surface area contributed by atoms with Gasteiger partial charge in [0.1, 0.15) is 10.6 Å². The van der Waals surface area contributed by atoms with Gasteiger partial charge in [0.2, 0.25) is 0 Å². The number of nitrogens with zero attached hydrogens (tertiary/aromatic N) is 3. The molecular weight excluding hydrogens is 464 g/mol. The van der Waals surface area contributed by atoms with Gasteiger partial charge in [-0.25, -0.2) is 19.7 Å². The molecule has 2 amide bonds. The quantitative estimate of drug-likeness (QED) is 0.278. The second-order valence-electron chi connectivity index (χ2n) is 7.83. The Morgan fingerprint density at radius 1 is 0.971 bits per heavy atom. The third-order valence-corrected chi connectivity index (χ3v) is 5.99. The van der Waals surface area contributed by atoms with Crippen LogP contribution < -0.4 is 10.2 Å². The lowest BCUT2D eigenvalue weighted by Gasteiger charge is -2.18. The number of rotatable bonds is 8. The Bertz CT molecular complexity index is 1300. The molecule has 4 rings (SSSR count). The van der Waals surface area contributed by atoms with Gasteiger partial charge in [-0.1, -0.05) is 37.3 Å². The summed E-state index contributed by atoms with van der Waals surface area (Å²) in [4.78, 5) is 49.9. The zero-order valence-electron chi connectivity index (χ0n) is 19.6. The molecule has 2 heterocycles. The average molecular weight is 489 g/mol. The fourth-order valence-corrected chi connectivity index (χ4v) is 4.52. The van der Waals surface area contributed by atoms with Crippen LogP contribution in [-0.4, -0.2) is 34.4 Å². The lowest BCUT2D eigenvalue weighted by molar-refractivity contribution is -0.120. The standard InChI is InChI=1S/C26H24N4O4S/c1-4-14-34-25(33)19-12-8-9-13-20(19)30-23(31)21(29-18-10-6-5-7-11-18)22(24(30)32)35-26-27-16(2)15-17(3)28-26/h5-13,15,29H,4,14H2,1-3H3. The van der Waals surface area contributed by atoms with Crippen molar-refractivity contribution < 1.29 is 19.1 Å². The summed E-state index contributed by atoms with van der Waals surface area (Å²) < 4.78 is 5.28. The number of carbonyl (C=O) groups is 3. The van der Waals surface area contributed by atoms with Crippen LogP contribution in [0.3, 0.4) is 0 Å². The van der Waals surface area contributed by atoms with E-state index in [1.54, 1.807) is 30.3 Å². The van der Waals surface area contributed by atoms with Gasteiger partial charge in [-0.15, -0.1) is 0 Å². The van der Waals surface area contributed by atoms with Crippen LogP contribution in [0.5, 0.6) is 0 Å². The normalized spacial score (nSPS) is 13.4. The molecule has 0 spiro atoms. The summed E-state index contributed by atoms with van der Waals surface area (Å²) in [7, 11) is 0. The number of hydrogen-bond acceptors (Lipinski definition) is 8. The monoisotopic (exact) mass is 488 g/mol. The number of anilines is 2. The van der Waals surface area contributed by atoms with E-state index in [2.05, 4.69) is 15.3 Å². The predicted molar refractivity (Wildman–Crippen MR) is 134 cm³/mol. The van der Waals surface area contributed by atoms with Crippen molar-refractivity contribution in [1.29, 1.82) is 0 Å². The number of para-hydroxylation sites is 2. The fraction of sp³-hybridized carbons (Fsp3) is 0.192. The molecule has 1 aliphatic rings. The van der Waals surface area contributed by atoms with E-state index < -0.39 is 17.8 Å². The maximum atomic E-state index is 13.7. The minimum atomic E-state index is -0.598. The van der Waals surface area contributed by atoms with Crippen LogP contribution in [0.25, 0.3) is 0 Å². The summed E-state index contributed by atoms with van der Waals surface area (Å²) in [5.74, 6) is -1.75. The number of ether oxygens (including phenoxy) is 1. The second kappa shape index (κ2) is 10.5. The van der Waals surface area contributed by atoms with Crippen molar-refractivity contribution >= 4 is 40.9 Å². The summed E-state index contributed by atoms with van der Waals surface area (Å²) in [6.45, 7) is 5.79. The molecule has 1 N–H and O–H groups in total. The van der Waals surface area contributed by atoms with E-state index in [-0.39, 0.29) is 28.5 Å². The highest BCUT2D eigenvalue weighted by molar-refractivity contribution is 8.04. The largest absolute Gasteiger partial charge is 0.462 e. The van der Waals surface area contributed by atoms with Crippen molar-refractivity contribution in [1.82, 2.24) is 9.97 Å². The molecule has 0 fully saturated rings. The molecule has 0 aliphatic carbocycles. The van der Waals surface area contributed by atoms with Gasteiger partial charge in [0.25, 0.3) is 11.8 Å². The number of thioether (sulfide) groups is 1. The Balaban J connectivity index is 1.76. The lowest BCUT2D eigenvalue weighted by atomic mass is 10.1. The molecule has 3 aromatic rings. The van der Waals surface area contributed by atoms with Gasteiger partial charge in [0.05, 0.1) is 17.9 Å². The van der Waals surface area contributed by atoms with E-state index in [1.165, 1.54) is 6.07 Å². The van der Waals surface area contributed by atoms with E-state index in [9.17, 15) is 14.4 Å². The van der Waals surface area contributed by atoms with E-state index in [4.69, 9.17) is 4.74 Å². The number of hydrogen-bond donors (Lipinski definition) is 1. The first kappa shape index (κ1) is 24.2. The van der Waals surface area contributed by atoms with E-state index in [0.717, 1.165) is 28.0 Å². The molecule has 8 nitrogen and oxygen atoms in total. The molecule has 2 aromatic carbocycles. The maximum absolute atomic E-state index is 13.7. The minimum Gasteiger partial charge on any atom is -0.462 e. The Morgan fingerprint density at radius 3 is 2.31 bits per heavy atom. The Hall–Kier alpha value is -3.98. The van der Waals surface area contributed by atoms with Crippen LogP contribution in [0.15, 0.2) is 76.4 Å². The first-order valence-electron chi connectivity index (χ1n) is 11.1. The number of benzene rings is 2. The number of aryl methyl sites for hydroxylation is 2. The van der Waals surface area contributed by atoms with E-state index in [1.807, 2.05) is 45.0 Å². The lowest BCUT2D eigenvalue weighted by Crippen LogP contribution is -2.33. The van der Waals surface area contributed by atoms with Crippen molar-refractivity contribution in [3.8, 4) is 0 Å². The van der Waals surface area contributed by atoms with E-state index in [0.29, 0.717) is 17.3 Å². The highest BCUT2D eigenvalue weighted by atomic mass is 32.2. The zero-order chi connectivity index (χ0) is 24.9. The highest BCUT2D eigenvalue weighted by Gasteiger charge is 2.42. The summed E-state index contributed by atoms with van der Waals surface area (Å²) in [5, 5.41) is 3.43. The highest BCUT2D eigenvalue weighted by Crippen LogP contribution is 2.38. The third kappa shape index (κ3) is 5.25. The molecule has 1 aromatic heterocycles. The topological polar surface area (TPSA) is 101 Å². The molecule has 35 heavy (non-hydrogen) atoms. The van der Waals surface area contributed by atoms with Gasteiger partial charge in [0.15, 0.2) is 5.16 Å². The average Bonchev–Trinajstić information content (AvgIpc) is 3.06. The second-order valence-corrected chi connectivity index (χ2v) is 8.81. The third-order valence-electron chi connectivity index (χ3n) is 5.04. The van der Waals surface area contributed by atoms with Crippen LogP contribution in [-0.2, 0) is 14.3 Å². The number of imide groups is 1. The fourth-order valence-electron chi connectivity index (χ4n) is 3.54. The molecule has 0 atom stereocenters. The molecule has 0 radical (unpaired) electrons. The van der Waals surface area contributed by atoms with Crippen LogP contribution in [0.4, 0.5) is 11.4 Å². The van der Waals surface area contributed by atoms with Gasteiger partial charge >= 0.3 is 5.97 Å². The smallest absolute Gasteiger partial charge is 0.340 e. The summed E-state index contributed by atoms with van der Waals surface area (Å²) >= 11 is 1.01. The predicted octanol–water partition coefficient (Wildman–Crippen LogP) is 4.65. The van der Waals surface area contributed by atoms with Crippen LogP contribution in [0.1, 0.15) is 35.1 Å². The Labute approximate surface area is 207 Å². The molecule has 0 bridgehead atoms. The van der Waals surface area contributed by atoms with Crippen molar-refractivity contribution in [2.24, 2.45) is 0 Å². The number of amides is 2. The zero-order valence-corrected chi connectivity index (χ0v) is 20.4. The Kier molecular flexibility index (Phi) is 7.26. The molecule has 0 saturated heterocycles. The van der Waals surface area contributed by atoms with E-state index >= 15 is 0 Å². The number of nitrogens with one attached hydrogen (secondary N) is 1. The van der Waals surface area contributed by atoms with Crippen LogP contribution in [0.2, 0.25) is 0 Å². The molecular formula is C26H24N4O4S. The van der Waals surface area contributed by atoms with Gasteiger partial charge in [-0.2, -0.15) is 0 Å². The maximum Gasteiger partial charge on any atom is 0.340 e. The number of carbonyl (C=O) groups excluding carboxylic acids is 3. The van der Waals surface area contributed by atoms with Crippen LogP contribution in [0, 0.1) is 13.8 Å². The molecule has 1 aliphatic heterocycles. The number of aromatic nitrogens is 2. The van der Waals surface area contributed by atoms with Crippen molar-refractivity contribution in [2.75, 3.05) is 16.8 Å². The SMILES string of the molecule is CCCOC(=O)c1ccccc1N1C(=O)C(Nc2ccccc2)=C(Sc2nc(C)cc(C)n2)C1=O. The summed E-state index contributed by atoms with van der Waals surface area (Å²) in [6, 6.07) is 17.3. The minimum absolute atomic E-state index is 0.0886. The first-order chi connectivity index (χ1) is 16.9. The van der Waals surface area contributed by atoms with Crippen molar-refractivity contribution in [3.63, 3.8) is 0 Å². The molecule has 0 saturated carbocycles. The van der Waals surface area contributed by atoms with Crippen LogP contribution >= 0.6 is 11.8 Å². The molecule has 178 valence electrons. The molecule has 9 heteroatoms. The Morgan fingerprint density at radius 2 is 1.63 bits per heavy atom. The summed E-state index contributed by atoms with van der Waals surface area (Å²) in [5.41, 5.74) is 2.52. The summed E-state index contributed by atoms with van der Waals surface area (Å²) in [6.07, 6.45) is 0.652. The van der Waals surface area contributed by atoms with Gasteiger partial charge < -0.3 is 10.1 Å². The van der Waals surface area contributed by atoms with Gasteiger partial charge in [0, 0.05) is 17.1 Å². The van der Waals surface area contributed by atoms with Crippen molar-refractivity contribution in [2.45, 2.75) is 32.3 Å². The van der Waals surface area contributed by atoms with Gasteiger partial charge in [-0.05, 0) is 62.4 Å². The van der Waals surface area contributed by atoms with Gasteiger partial charge in [-0.3, -0.25) is 9.59 Å². The molecule has 0 unspecified atom stereocenters. The number of esters is 1. The van der Waals surface area contributed by atoms with Crippen molar-refractivity contribution in [3.05, 3.63) is 88.2 Å².